The molecule has 1 aliphatic heterocycles. The molecular weight excluding hydrogens is 208 g/mol. The van der Waals surface area contributed by atoms with Crippen LogP contribution in [0.2, 0.25) is 0 Å². The van der Waals surface area contributed by atoms with E-state index in [1.54, 1.807) is 6.08 Å². The molecule has 2 aliphatic rings. The lowest BCUT2D eigenvalue weighted by Crippen LogP contribution is -2.36. The van der Waals surface area contributed by atoms with Gasteiger partial charge in [-0.25, -0.2) is 4.79 Å². The highest BCUT2D eigenvalue weighted by Crippen LogP contribution is 2.36. The summed E-state index contributed by atoms with van der Waals surface area (Å²) in [7, 11) is 0. The normalized spacial score (nSPS) is 29.6. The molecule has 0 spiro atoms. The summed E-state index contributed by atoms with van der Waals surface area (Å²) in [6.07, 6.45) is 3.62. The molecule has 0 aromatic heterocycles. The fourth-order valence-corrected chi connectivity index (χ4v) is 2.33. The third kappa shape index (κ3) is 1.73. The van der Waals surface area contributed by atoms with Gasteiger partial charge in [0.2, 0.25) is 0 Å². The fraction of sp³-hybridized carbons (Fsp3) is 0.583. The van der Waals surface area contributed by atoms with Crippen LogP contribution in [0.5, 0.6) is 0 Å². The Morgan fingerprint density at radius 1 is 1.56 bits per heavy atom. The van der Waals surface area contributed by atoms with Crippen molar-refractivity contribution in [2.24, 2.45) is 5.92 Å². The minimum absolute atomic E-state index is 0.217. The van der Waals surface area contributed by atoms with Gasteiger partial charge in [0, 0.05) is 17.9 Å². The third-order valence-electron chi connectivity index (χ3n) is 3.34. The molecule has 0 saturated heterocycles. The van der Waals surface area contributed by atoms with Crippen LogP contribution in [0, 0.1) is 5.92 Å². The Hall–Kier alpha value is -1.29. The highest BCUT2D eigenvalue weighted by molar-refractivity contribution is 5.91. The van der Waals surface area contributed by atoms with E-state index in [2.05, 4.69) is 0 Å². The highest BCUT2D eigenvalue weighted by atomic mass is 16.5. The van der Waals surface area contributed by atoms with Gasteiger partial charge >= 0.3 is 5.97 Å². The molecule has 0 fully saturated rings. The Labute approximate surface area is 94.2 Å². The Morgan fingerprint density at radius 3 is 2.94 bits per heavy atom. The Bertz CT molecular complexity index is 367. The average molecular weight is 224 g/mol. The third-order valence-corrected chi connectivity index (χ3v) is 3.34. The maximum absolute atomic E-state index is 11.5. The first-order valence-electron chi connectivity index (χ1n) is 5.61. The van der Waals surface area contributed by atoms with Crippen molar-refractivity contribution in [1.82, 2.24) is 0 Å². The van der Waals surface area contributed by atoms with Crippen LogP contribution in [0.25, 0.3) is 0 Å². The number of allylic oxidation sites excluding steroid dienone is 1. The second-order valence-corrected chi connectivity index (χ2v) is 4.26. The van der Waals surface area contributed by atoms with E-state index in [-0.39, 0.29) is 30.0 Å². The molecule has 1 aliphatic carbocycles. The van der Waals surface area contributed by atoms with Gasteiger partial charge in [0.05, 0.1) is 17.9 Å². The van der Waals surface area contributed by atoms with Gasteiger partial charge in [0.15, 0.2) is 0 Å². The van der Waals surface area contributed by atoms with Crippen LogP contribution in [-0.4, -0.2) is 28.9 Å². The van der Waals surface area contributed by atoms with E-state index < -0.39 is 5.97 Å². The van der Waals surface area contributed by atoms with Crippen molar-refractivity contribution in [3.8, 4) is 0 Å². The molecule has 0 radical (unpaired) electrons. The Kier molecular flexibility index (Phi) is 3.01. The number of fused-ring (bicyclic) bond motifs is 1. The number of hydrogen-bond acceptors (Lipinski definition) is 4. The average Bonchev–Trinajstić information content (AvgIpc) is 2.29. The van der Waals surface area contributed by atoms with Gasteiger partial charge in [-0.05, 0) is 18.9 Å². The number of hydrogen-bond donors (Lipinski definition) is 2. The second kappa shape index (κ2) is 4.29. The largest absolute Gasteiger partial charge is 0.512 e. The molecule has 2 N–H and O–H groups in total. The minimum atomic E-state index is -0.468. The van der Waals surface area contributed by atoms with Crippen LogP contribution >= 0.6 is 0 Å². The van der Waals surface area contributed by atoms with Gasteiger partial charge in [0.1, 0.15) is 6.10 Å². The molecule has 0 bridgehead atoms. The molecule has 1 unspecified atom stereocenters. The monoisotopic (exact) mass is 224 g/mol. The lowest BCUT2D eigenvalue weighted by molar-refractivity contribution is -0.147. The molecule has 0 amide bonds. The van der Waals surface area contributed by atoms with Crippen LogP contribution in [0.3, 0.4) is 0 Å². The van der Waals surface area contributed by atoms with Crippen LogP contribution in [0.4, 0.5) is 0 Å². The number of rotatable bonds is 2. The lowest BCUT2D eigenvalue weighted by atomic mass is 9.81. The van der Waals surface area contributed by atoms with E-state index >= 15 is 0 Å². The molecule has 4 heteroatoms. The Balaban J connectivity index is 2.38. The SMILES string of the molecule is CC[C@H]1CCC(O)=C2C=C(CO)C(=O)OC21. The number of esters is 1. The summed E-state index contributed by atoms with van der Waals surface area (Å²) in [6.45, 7) is 1.70. The van der Waals surface area contributed by atoms with Gasteiger partial charge in [0.25, 0.3) is 0 Å². The number of carbonyl (C=O) groups excluding carboxylic acids is 1. The van der Waals surface area contributed by atoms with Gasteiger partial charge in [-0.15, -0.1) is 0 Å². The molecule has 2 atom stereocenters. The van der Waals surface area contributed by atoms with Crippen molar-refractivity contribution in [1.29, 1.82) is 0 Å². The van der Waals surface area contributed by atoms with E-state index in [1.165, 1.54) is 0 Å². The van der Waals surface area contributed by atoms with E-state index in [1.807, 2.05) is 6.92 Å². The van der Waals surface area contributed by atoms with Crippen LogP contribution in [-0.2, 0) is 9.53 Å². The maximum atomic E-state index is 11.5. The van der Waals surface area contributed by atoms with Crippen molar-refractivity contribution in [2.75, 3.05) is 6.61 Å². The first kappa shape index (κ1) is 11.2. The predicted molar refractivity (Wildman–Crippen MR) is 57.7 cm³/mol. The van der Waals surface area contributed by atoms with Crippen LogP contribution < -0.4 is 0 Å². The molecule has 0 saturated carbocycles. The van der Waals surface area contributed by atoms with Crippen molar-refractivity contribution in [2.45, 2.75) is 32.3 Å². The van der Waals surface area contributed by atoms with Crippen molar-refractivity contribution < 1.29 is 19.7 Å². The van der Waals surface area contributed by atoms with E-state index in [4.69, 9.17) is 9.84 Å². The van der Waals surface area contributed by atoms with Gasteiger partial charge in [-0.2, -0.15) is 0 Å². The maximum Gasteiger partial charge on any atom is 0.336 e. The molecule has 0 aromatic carbocycles. The summed E-state index contributed by atoms with van der Waals surface area (Å²) >= 11 is 0. The van der Waals surface area contributed by atoms with E-state index in [9.17, 15) is 9.90 Å². The highest BCUT2D eigenvalue weighted by Gasteiger charge is 2.36. The predicted octanol–water partition coefficient (Wildman–Crippen LogP) is 1.46. The first-order chi connectivity index (χ1) is 7.67. The first-order valence-corrected chi connectivity index (χ1v) is 5.61. The minimum Gasteiger partial charge on any atom is -0.512 e. The quantitative estimate of drug-likeness (QED) is 0.697. The van der Waals surface area contributed by atoms with E-state index in [0.717, 1.165) is 12.8 Å². The topological polar surface area (TPSA) is 66.8 Å². The second-order valence-electron chi connectivity index (χ2n) is 4.26. The standard InChI is InChI=1S/C12H16O4/c1-2-7-3-4-10(14)9-5-8(6-13)12(15)16-11(7)9/h5,7,11,13-14H,2-4,6H2,1H3/t7-,11?/m0/s1. The molecule has 4 nitrogen and oxygen atoms in total. The van der Waals surface area contributed by atoms with Crippen molar-refractivity contribution >= 4 is 5.97 Å². The van der Waals surface area contributed by atoms with Crippen molar-refractivity contribution in [3.05, 3.63) is 23.0 Å². The van der Waals surface area contributed by atoms with Gasteiger partial charge < -0.3 is 14.9 Å². The van der Waals surface area contributed by atoms with Gasteiger partial charge in [-0.3, -0.25) is 0 Å². The summed E-state index contributed by atoms with van der Waals surface area (Å²) in [5.41, 5.74) is 0.885. The van der Waals surface area contributed by atoms with Crippen LogP contribution in [0.15, 0.2) is 23.0 Å². The van der Waals surface area contributed by atoms with Crippen molar-refractivity contribution in [3.63, 3.8) is 0 Å². The van der Waals surface area contributed by atoms with E-state index in [0.29, 0.717) is 12.0 Å². The molecule has 2 rings (SSSR count). The number of aliphatic hydroxyl groups is 2. The van der Waals surface area contributed by atoms with Gasteiger partial charge in [-0.1, -0.05) is 6.92 Å². The Morgan fingerprint density at radius 2 is 2.31 bits per heavy atom. The zero-order valence-corrected chi connectivity index (χ0v) is 9.27. The number of ether oxygens (including phenoxy) is 1. The summed E-state index contributed by atoms with van der Waals surface area (Å²) in [6, 6.07) is 0. The molecule has 1 heterocycles. The number of carbonyl (C=O) groups is 1. The molecule has 16 heavy (non-hydrogen) atoms. The summed E-state index contributed by atoms with van der Waals surface area (Å²) in [5.74, 6) is 0.0869. The number of aliphatic hydroxyl groups excluding tert-OH is 2. The fourth-order valence-electron chi connectivity index (χ4n) is 2.33. The summed E-state index contributed by atoms with van der Waals surface area (Å²) in [4.78, 5) is 11.5. The zero-order valence-electron chi connectivity index (χ0n) is 9.27. The summed E-state index contributed by atoms with van der Waals surface area (Å²) < 4.78 is 5.28. The molecule has 88 valence electrons. The van der Waals surface area contributed by atoms with Crippen LogP contribution in [0.1, 0.15) is 26.2 Å². The smallest absolute Gasteiger partial charge is 0.336 e. The molecule has 0 aromatic rings. The molecular formula is C12H16O4. The zero-order chi connectivity index (χ0) is 11.7. The summed E-state index contributed by atoms with van der Waals surface area (Å²) in [5, 5.41) is 18.8. The lowest BCUT2D eigenvalue weighted by Gasteiger charge is -2.34.